The molecule has 0 saturated carbocycles. The number of pyridine rings is 1. The van der Waals surface area contributed by atoms with Crippen molar-refractivity contribution in [1.82, 2.24) is 0 Å². The minimum atomic E-state index is -0.109. The van der Waals surface area contributed by atoms with Gasteiger partial charge in [-0.05, 0) is 42.2 Å². The third-order valence-corrected chi connectivity index (χ3v) is 4.40. The fourth-order valence-electron chi connectivity index (χ4n) is 3.34. The Hall–Kier alpha value is -2.48. The Morgan fingerprint density at radius 1 is 0.917 bits per heavy atom. The summed E-state index contributed by atoms with van der Waals surface area (Å²) in [6.45, 7) is 6.27. The first kappa shape index (κ1) is 16.4. The number of aromatic nitrogens is 1. The van der Waals surface area contributed by atoms with E-state index >= 15 is 0 Å². The van der Waals surface area contributed by atoms with Gasteiger partial charge in [0.25, 0.3) is 0 Å². The van der Waals surface area contributed by atoms with Gasteiger partial charge in [-0.2, -0.15) is 4.57 Å². The lowest BCUT2D eigenvalue weighted by Gasteiger charge is -2.15. The standard InChI is InChI=1S/C22H23FN/c1-4-18-19(23)13-14-21(22(18)16(2)3)24-15-9-8-12-20(24)17-10-6-5-7-11-17/h5-16H,4H2,1-3H3/q+1. The van der Waals surface area contributed by atoms with E-state index in [0.717, 1.165) is 28.1 Å². The minimum Gasteiger partial charge on any atom is -0.207 e. The first-order valence-corrected chi connectivity index (χ1v) is 8.51. The maximum Gasteiger partial charge on any atom is 0.218 e. The van der Waals surface area contributed by atoms with Crippen LogP contribution in [0, 0.1) is 5.82 Å². The van der Waals surface area contributed by atoms with E-state index in [1.54, 1.807) is 6.07 Å². The van der Waals surface area contributed by atoms with E-state index in [9.17, 15) is 4.39 Å². The Bertz CT molecular complexity index is 838. The van der Waals surface area contributed by atoms with Gasteiger partial charge in [0.2, 0.25) is 11.4 Å². The summed E-state index contributed by atoms with van der Waals surface area (Å²) < 4.78 is 16.5. The fraction of sp³-hybridized carbons (Fsp3) is 0.227. The van der Waals surface area contributed by atoms with Gasteiger partial charge in [-0.25, -0.2) is 4.39 Å². The first-order valence-electron chi connectivity index (χ1n) is 8.51. The maximum absolute atomic E-state index is 14.3. The molecule has 0 aliphatic rings. The zero-order chi connectivity index (χ0) is 17.1. The van der Waals surface area contributed by atoms with E-state index in [4.69, 9.17) is 0 Å². The molecule has 1 aromatic heterocycles. The molecule has 0 unspecified atom stereocenters. The second kappa shape index (κ2) is 6.96. The van der Waals surface area contributed by atoms with E-state index in [2.05, 4.69) is 42.8 Å². The molecular weight excluding hydrogens is 297 g/mol. The summed E-state index contributed by atoms with van der Waals surface area (Å²) in [5, 5.41) is 0. The number of benzene rings is 2. The van der Waals surface area contributed by atoms with Crippen LogP contribution in [0.3, 0.4) is 0 Å². The number of rotatable bonds is 4. The van der Waals surface area contributed by atoms with E-state index in [-0.39, 0.29) is 11.7 Å². The molecule has 0 bridgehead atoms. The van der Waals surface area contributed by atoms with Gasteiger partial charge in [0.15, 0.2) is 6.20 Å². The number of hydrogen-bond donors (Lipinski definition) is 0. The van der Waals surface area contributed by atoms with Gasteiger partial charge in [-0.3, -0.25) is 0 Å². The van der Waals surface area contributed by atoms with Crippen LogP contribution >= 0.6 is 0 Å². The van der Waals surface area contributed by atoms with Crippen LogP contribution in [-0.2, 0) is 6.42 Å². The van der Waals surface area contributed by atoms with Crippen LogP contribution in [0.1, 0.15) is 37.8 Å². The second-order valence-electron chi connectivity index (χ2n) is 6.29. The molecule has 122 valence electrons. The van der Waals surface area contributed by atoms with Crippen molar-refractivity contribution < 1.29 is 8.96 Å². The Kier molecular flexibility index (Phi) is 4.75. The molecule has 0 saturated heterocycles. The minimum absolute atomic E-state index is 0.109. The summed E-state index contributed by atoms with van der Waals surface area (Å²) in [6.07, 6.45) is 2.75. The molecular formula is C22H23FN+. The van der Waals surface area contributed by atoms with Crippen molar-refractivity contribution >= 4 is 0 Å². The topological polar surface area (TPSA) is 3.88 Å². The molecule has 3 rings (SSSR count). The van der Waals surface area contributed by atoms with Crippen molar-refractivity contribution in [2.45, 2.75) is 33.1 Å². The lowest BCUT2D eigenvalue weighted by Crippen LogP contribution is -2.35. The third-order valence-electron chi connectivity index (χ3n) is 4.40. The molecule has 1 nitrogen and oxygen atoms in total. The SMILES string of the molecule is CCc1c(F)ccc(-[n+]2ccccc2-c2ccccc2)c1C(C)C. The Morgan fingerprint density at radius 3 is 2.29 bits per heavy atom. The Morgan fingerprint density at radius 2 is 1.62 bits per heavy atom. The summed E-state index contributed by atoms with van der Waals surface area (Å²) in [7, 11) is 0. The molecule has 2 heteroatoms. The van der Waals surface area contributed by atoms with Crippen LogP contribution in [0.2, 0.25) is 0 Å². The zero-order valence-electron chi connectivity index (χ0n) is 14.5. The van der Waals surface area contributed by atoms with Crippen LogP contribution in [0.15, 0.2) is 66.9 Å². The Labute approximate surface area is 143 Å². The van der Waals surface area contributed by atoms with E-state index in [1.807, 2.05) is 43.3 Å². The van der Waals surface area contributed by atoms with Gasteiger partial charge < -0.3 is 0 Å². The lowest BCUT2D eigenvalue weighted by atomic mass is 9.92. The Balaban J connectivity index is 2.28. The molecule has 0 aliphatic carbocycles. The van der Waals surface area contributed by atoms with E-state index < -0.39 is 0 Å². The van der Waals surface area contributed by atoms with Gasteiger partial charge in [-0.1, -0.05) is 39.0 Å². The van der Waals surface area contributed by atoms with Gasteiger partial charge in [-0.15, -0.1) is 0 Å². The smallest absolute Gasteiger partial charge is 0.207 e. The van der Waals surface area contributed by atoms with Gasteiger partial charge in [0.1, 0.15) is 5.82 Å². The molecule has 0 amide bonds. The molecule has 0 radical (unpaired) electrons. The normalized spacial score (nSPS) is 11.0. The first-order chi connectivity index (χ1) is 11.6. The number of hydrogen-bond acceptors (Lipinski definition) is 0. The third kappa shape index (κ3) is 2.96. The predicted octanol–water partition coefficient (Wildman–Crippen LogP) is 5.46. The lowest BCUT2D eigenvalue weighted by molar-refractivity contribution is -0.584. The highest BCUT2D eigenvalue weighted by atomic mass is 19.1. The number of halogens is 1. The zero-order valence-corrected chi connectivity index (χ0v) is 14.5. The summed E-state index contributed by atoms with van der Waals surface area (Å²) in [4.78, 5) is 0. The van der Waals surface area contributed by atoms with Crippen molar-refractivity contribution in [3.8, 4) is 16.9 Å². The van der Waals surface area contributed by atoms with Crippen molar-refractivity contribution in [1.29, 1.82) is 0 Å². The molecule has 0 fully saturated rings. The van der Waals surface area contributed by atoms with Gasteiger partial charge in [0, 0.05) is 29.3 Å². The van der Waals surface area contributed by atoms with Crippen LogP contribution in [-0.4, -0.2) is 0 Å². The monoisotopic (exact) mass is 320 g/mol. The second-order valence-corrected chi connectivity index (χ2v) is 6.29. The highest BCUT2D eigenvalue weighted by Gasteiger charge is 2.24. The molecule has 0 spiro atoms. The fourth-order valence-corrected chi connectivity index (χ4v) is 3.34. The summed E-state index contributed by atoms with van der Waals surface area (Å²) >= 11 is 0. The quantitative estimate of drug-likeness (QED) is 0.562. The van der Waals surface area contributed by atoms with E-state index in [1.165, 1.54) is 0 Å². The number of nitrogens with zero attached hydrogens (tertiary/aromatic N) is 1. The van der Waals surface area contributed by atoms with Crippen LogP contribution < -0.4 is 4.57 Å². The summed E-state index contributed by atoms with van der Waals surface area (Å²) in [6, 6.07) is 20.0. The van der Waals surface area contributed by atoms with Crippen molar-refractivity contribution in [3.63, 3.8) is 0 Å². The molecule has 2 aromatic carbocycles. The van der Waals surface area contributed by atoms with E-state index in [0.29, 0.717) is 6.42 Å². The maximum atomic E-state index is 14.3. The molecule has 24 heavy (non-hydrogen) atoms. The molecule has 0 atom stereocenters. The molecule has 0 aliphatic heterocycles. The average Bonchev–Trinajstić information content (AvgIpc) is 2.62. The highest BCUT2D eigenvalue weighted by molar-refractivity contribution is 5.57. The summed E-state index contributed by atoms with van der Waals surface area (Å²) in [5.74, 6) is 0.143. The van der Waals surface area contributed by atoms with Crippen LogP contribution in [0.4, 0.5) is 4.39 Å². The van der Waals surface area contributed by atoms with Crippen LogP contribution in [0.5, 0.6) is 0 Å². The van der Waals surface area contributed by atoms with Crippen molar-refractivity contribution in [2.24, 2.45) is 0 Å². The predicted molar refractivity (Wildman–Crippen MR) is 96.8 cm³/mol. The van der Waals surface area contributed by atoms with Gasteiger partial charge in [0.05, 0.1) is 0 Å². The average molecular weight is 320 g/mol. The van der Waals surface area contributed by atoms with Crippen molar-refractivity contribution in [2.75, 3.05) is 0 Å². The highest BCUT2D eigenvalue weighted by Crippen LogP contribution is 2.28. The van der Waals surface area contributed by atoms with Crippen LogP contribution in [0.25, 0.3) is 16.9 Å². The molecule has 3 aromatic rings. The van der Waals surface area contributed by atoms with Gasteiger partial charge >= 0.3 is 0 Å². The summed E-state index contributed by atoms with van der Waals surface area (Å²) in [5.41, 5.74) is 5.22. The van der Waals surface area contributed by atoms with Crippen molar-refractivity contribution in [3.05, 3.63) is 83.8 Å². The molecule has 1 heterocycles. The largest absolute Gasteiger partial charge is 0.218 e. The molecule has 0 N–H and O–H groups in total.